The van der Waals surface area contributed by atoms with E-state index in [9.17, 15) is 14.7 Å². The molecule has 0 fully saturated rings. The molecule has 0 atom stereocenters. The Bertz CT molecular complexity index is 688. The van der Waals surface area contributed by atoms with Crippen molar-refractivity contribution >= 4 is 40.2 Å². The summed E-state index contributed by atoms with van der Waals surface area (Å²) in [6.07, 6.45) is 2.51. The Morgan fingerprint density at radius 2 is 1.95 bits per heavy atom. The van der Waals surface area contributed by atoms with Crippen LogP contribution in [0.15, 0.2) is 36.7 Å². The summed E-state index contributed by atoms with van der Waals surface area (Å²) in [5, 5.41) is 21.0. The first-order chi connectivity index (χ1) is 9.47. The lowest BCUT2D eigenvalue weighted by atomic mass is 10.2. The highest BCUT2D eigenvalue weighted by atomic mass is 127. The molecule has 0 aliphatic carbocycles. The van der Waals surface area contributed by atoms with Gasteiger partial charge in [0.15, 0.2) is 0 Å². The largest absolute Gasteiger partial charge is 0.507 e. The van der Waals surface area contributed by atoms with Crippen LogP contribution in [0.2, 0.25) is 0 Å². The minimum Gasteiger partial charge on any atom is -0.507 e. The molecule has 0 saturated carbocycles. The lowest BCUT2D eigenvalue weighted by molar-refractivity contribution is 0.0696. The highest BCUT2D eigenvalue weighted by Crippen LogP contribution is 2.21. The van der Waals surface area contributed by atoms with E-state index in [1.54, 1.807) is 6.07 Å². The molecule has 1 amide bonds. The monoisotopic (exact) mass is 384 g/mol. The average molecular weight is 384 g/mol. The van der Waals surface area contributed by atoms with E-state index in [0.717, 1.165) is 3.57 Å². The number of halogens is 1. The van der Waals surface area contributed by atoms with Gasteiger partial charge in [-0.3, -0.25) is 9.78 Å². The fourth-order valence-electron chi connectivity index (χ4n) is 1.51. The molecule has 1 aromatic carbocycles. The summed E-state index contributed by atoms with van der Waals surface area (Å²) >= 11 is 2.02. The van der Waals surface area contributed by atoms with Gasteiger partial charge in [0.2, 0.25) is 0 Å². The number of anilines is 1. The van der Waals surface area contributed by atoms with Crippen LogP contribution < -0.4 is 5.32 Å². The van der Waals surface area contributed by atoms with Gasteiger partial charge in [-0.2, -0.15) is 0 Å². The van der Waals surface area contributed by atoms with E-state index >= 15 is 0 Å². The summed E-state index contributed by atoms with van der Waals surface area (Å²) in [5.41, 5.74) is 0.320. The molecular weight excluding hydrogens is 375 g/mol. The lowest BCUT2D eigenvalue weighted by Crippen LogP contribution is -2.13. The first kappa shape index (κ1) is 14.3. The predicted molar refractivity (Wildman–Crippen MR) is 80.0 cm³/mol. The van der Waals surface area contributed by atoms with Gasteiger partial charge in [-0.1, -0.05) is 0 Å². The van der Waals surface area contributed by atoms with Crippen molar-refractivity contribution in [1.82, 2.24) is 4.98 Å². The van der Waals surface area contributed by atoms with Crippen LogP contribution >= 0.6 is 22.6 Å². The zero-order valence-electron chi connectivity index (χ0n) is 10.0. The molecule has 2 rings (SSSR count). The minimum atomic E-state index is -1.13. The number of nitrogens with zero attached hydrogens (tertiary/aromatic N) is 1. The van der Waals surface area contributed by atoms with E-state index < -0.39 is 11.9 Å². The predicted octanol–water partition coefficient (Wildman–Crippen LogP) is 2.34. The maximum Gasteiger partial charge on any atom is 0.337 e. The second-order valence-corrected chi connectivity index (χ2v) is 5.13. The number of aromatic carboxylic acids is 1. The zero-order chi connectivity index (χ0) is 14.7. The van der Waals surface area contributed by atoms with E-state index in [4.69, 9.17) is 5.11 Å². The van der Waals surface area contributed by atoms with Crippen molar-refractivity contribution in [3.8, 4) is 5.75 Å². The Kier molecular flexibility index (Phi) is 4.18. The molecule has 0 saturated heterocycles. The third-order valence-corrected chi connectivity index (χ3v) is 3.12. The number of phenolic OH excluding ortho intramolecular Hbond substituents is 1. The van der Waals surface area contributed by atoms with Crippen molar-refractivity contribution in [1.29, 1.82) is 0 Å². The van der Waals surface area contributed by atoms with Gasteiger partial charge in [0, 0.05) is 9.77 Å². The van der Waals surface area contributed by atoms with Gasteiger partial charge in [-0.25, -0.2) is 4.79 Å². The molecule has 7 heteroatoms. The number of hydrogen-bond acceptors (Lipinski definition) is 4. The average Bonchev–Trinajstić information content (AvgIpc) is 2.41. The first-order valence-corrected chi connectivity index (χ1v) is 6.53. The summed E-state index contributed by atoms with van der Waals surface area (Å²) in [7, 11) is 0. The molecule has 6 nitrogen and oxygen atoms in total. The number of hydrogen-bond donors (Lipinski definition) is 3. The van der Waals surface area contributed by atoms with Gasteiger partial charge in [-0.15, -0.1) is 0 Å². The summed E-state index contributed by atoms with van der Waals surface area (Å²) in [6, 6.07) is 5.90. The molecule has 0 aliphatic rings. The molecule has 0 radical (unpaired) electrons. The van der Waals surface area contributed by atoms with Crippen LogP contribution in [0, 0.1) is 3.57 Å². The number of rotatable bonds is 3. The zero-order valence-corrected chi connectivity index (χ0v) is 12.2. The Balaban J connectivity index is 2.25. The number of carboxylic acid groups (broad SMARTS) is 1. The number of aromatic hydroxyl groups is 1. The molecule has 3 N–H and O–H groups in total. The Hall–Kier alpha value is -2.16. The van der Waals surface area contributed by atoms with Gasteiger partial charge < -0.3 is 15.5 Å². The number of aromatic nitrogens is 1. The Morgan fingerprint density at radius 3 is 2.65 bits per heavy atom. The van der Waals surface area contributed by atoms with E-state index in [0.29, 0.717) is 0 Å². The molecule has 20 heavy (non-hydrogen) atoms. The summed E-state index contributed by atoms with van der Waals surface area (Å²) in [4.78, 5) is 26.6. The molecule has 0 unspecified atom stereocenters. The topological polar surface area (TPSA) is 99.5 Å². The van der Waals surface area contributed by atoms with Gasteiger partial charge >= 0.3 is 5.97 Å². The normalized spacial score (nSPS) is 10.1. The third kappa shape index (κ3) is 3.23. The number of pyridine rings is 1. The molecule has 0 spiro atoms. The van der Waals surface area contributed by atoms with Gasteiger partial charge in [0.05, 0.1) is 23.0 Å². The van der Waals surface area contributed by atoms with Gasteiger partial charge in [0.25, 0.3) is 5.91 Å². The number of phenols is 1. The molecule has 2 aromatic rings. The Morgan fingerprint density at radius 1 is 1.20 bits per heavy atom. The summed E-state index contributed by atoms with van der Waals surface area (Å²) < 4.78 is 0.794. The molecule has 102 valence electrons. The first-order valence-electron chi connectivity index (χ1n) is 5.45. The van der Waals surface area contributed by atoms with Crippen molar-refractivity contribution in [2.45, 2.75) is 0 Å². The van der Waals surface area contributed by atoms with Crippen LogP contribution in [0.5, 0.6) is 5.75 Å². The van der Waals surface area contributed by atoms with E-state index in [1.807, 2.05) is 22.6 Å². The van der Waals surface area contributed by atoms with Gasteiger partial charge in [0.1, 0.15) is 5.75 Å². The van der Waals surface area contributed by atoms with Crippen molar-refractivity contribution < 1.29 is 19.8 Å². The summed E-state index contributed by atoms with van der Waals surface area (Å²) in [5.74, 6) is -1.82. The van der Waals surface area contributed by atoms with E-state index in [-0.39, 0.29) is 22.6 Å². The highest BCUT2D eigenvalue weighted by Gasteiger charge is 2.13. The van der Waals surface area contributed by atoms with Crippen LogP contribution in [0.1, 0.15) is 20.7 Å². The van der Waals surface area contributed by atoms with Gasteiger partial charge in [-0.05, 0) is 46.9 Å². The third-order valence-electron chi connectivity index (χ3n) is 2.45. The van der Waals surface area contributed by atoms with Crippen molar-refractivity contribution in [2.75, 3.05) is 5.32 Å². The van der Waals surface area contributed by atoms with Crippen molar-refractivity contribution in [3.63, 3.8) is 0 Å². The minimum absolute atomic E-state index is 0.0327. The number of nitrogens with one attached hydrogen (secondary N) is 1. The molecule has 1 aromatic heterocycles. The molecule has 0 bridgehead atoms. The smallest absolute Gasteiger partial charge is 0.337 e. The van der Waals surface area contributed by atoms with Crippen LogP contribution in [-0.4, -0.2) is 27.1 Å². The van der Waals surface area contributed by atoms with Crippen LogP contribution in [0.25, 0.3) is 0 Å². The lowest BCUT2D eigenvalue weighted by Gasteiger charge is -2.07. The van der Waals surface area contributed by atoms with Crippen LogP contribution in [0.4, 0.5) is 5.69 Å². The van der Waals surface area contributed by atoms with E-state index in [2.05, 4.69) is 10.3 Å². The second kappa shape index (κ2) is 5.87. The number of carboxylic acids is 1. The van der Waals surface area contributed by atoms with Crippen molar-refractivity contribution in [2.24, 2.45) is 0 Å². The van der Waals surface area contributed by atoms with E-state index in [1.165, 1.54) is 30.6 Å². The number of amides is 1. The standard InChI is InChI=1S/C13H9IN2O4/c14-8-1-2-11(17)10(4-8)12(18)16-9-3-7(13(19)20)5-15-6-9/h1-6,17H,(H,16,18)(H,19,20). The van der Waals surface area contributed by atoms with Crippen LogP contribution in [0.3, 0.4) is 0 Å². The maximum absolute atomic E-state index is 12.0. The number of benzene rings is 1. The maximum atomic E-state index is 12.0. The molecule has 0 aliphatic heterocycles. The second-order valence-electron chi connectivity index (χ2n) is 3.88. The quantitative estimate of drug-likeness (QED) is 0.706. The number of carbonyl (C=O) groups excluding carboxylic acids is 1. The van der Waals surface area contributed by atoms with Crippen LogP contribution in [-0.2, 0) is 0 Å². The SMILES string of the molecule is O=C(O)c1cncc(NC(=O)c2cc(I)ccc2O)c1. The Labute approximate surface area is 127 Å². The molecule has 1 heterocycles. The summed E-state index contributed by atoms with van der Waals surface area (Å²) in [6.45, 7) is 0. The molecular formula is C13H9IN2O4. The fourth-order valence-corrected chi connectivity index (χ4v) is 2.01. The van der Waals surface area contributed by atoms with Crippen molar-refractivity contribution in [3.05, 3.63) is 51.4 Å². The fraction of sp³-hybridized carbons (Fsp3) is 0. The number of carbonyl (C=O) groups is 2. The highest BCUT2D eigenvalue weighted by molar-refractivity contribution is 14.1.